The van der Waals surface area contributed by atoms with Crippen LogP contribution in [-0.2, 0) is 9.47 Å². The van der Waals surface area contributed by atoms with Gasteiger partial charge in [0.05, 0.1) is 28.6 Å². The topological polar surface area (TPSA) is 102 Å². The molecule has 4 aliphatic heterocycles. The van der Waals surface area contributed by atoms with E-state index in [1.165, 1.54) is 13.2 Å². The molecule has 15 heteroatoms. The summed E-state index contributed by atoms with van der Waals surface area (Å²) in [5.41, 5.74) is 3.08. The SMILES string of the molecule is CCCC[Si](C#Cc1c(F)ccc2cc(OCOC)cc(-c3ncc4c(N5C[C@H]6CC[C@@H](C5)N6C(=O)OC(C)(C)C)nc(OC[C@@]56CCCN5C[C@H](F)C6)nc4c3F)c12)(CCCC)CCCC. The van der Waals surface area contributed by atoms with E-state index in [1.807, 2.05) is 25.7 Å². The smallest absolute Gasteiger partial charge is 0.410 e. The molecular weight excluding hydrogens is 874 g/mol. The lowest BCUT2D eigenvalue weighted by atomic mass is 9.95. The zero-order valence-electron chi connectivity index (χ0n) is 40.6. The molecule has 4 fully saturated rings. The van der Waals surface area contributed by atoms with Crippen LogP contribution in [0.5, 0.6) is 11.8 Å². The Kier molecular flexibility index (Phi) is 14.9. The zero-order valence-corrected chi connectivity index (χ0v) is 41.6. The van der Waals surface area contributed by atoms with Crippen LogP contribution in [0, 0.1) is 23.1 Å². The number of hydrogen-bond acceptors (Lipinski definition) is 10. The molecule has 1 amide bonds. The normalized spacial score (nSPS) is 21.8. The molecule has 0 unspecified atom stereocenters. The predicted molar refractivity (Wildman–Crippen MR) is 260 cm³/mol. The molecule has 0 saturated carbocycles. The second-order valence-corrected chi connectivity index (χ2v) is 24.7. The molecule has 67 heavy (non-hydrogen) atoms. The highest BCUT2D eigenvalue weighted by Gasteiger charge is 2.50. The summed E-state index contributed by atoms with van der Waals surface area (Å²) >= 11 is 0. The molecule has 2 aromatic heterocycles. The van der Waals surface area contributed by atoms with Gasteiger partial charge < -0.3 is 23.8 Å². The molecule has 2 aromatic carbocycles. The highest BCUT2D eigenvalue weighted by atomic mass is 28.3. The fourth-order valence-electron chi connectivity index (χ4n) is 11.1. The van der Waals surface area contributed by atoms with Crippen LogP contribution >= 0.6 is 0 Å². The summed E-state index contributed by atoms with van der Waals surface area (Å²) in [6.45, 7) is 14.3. The lowest BCUT2D eigenvalue weighted by Crippen LogP contribution is -2.57. The van der Waals surface area contributed by atoms with Crippen molar-refractivity contribution in [3.63, 3.8) is 0 Å². The van der Waals surface area contributed by atoms with Crippen molar-refractivity contribution in [2.24, 2.45) is 0 Å². The van der Waals surface area contributed by atoms with Crippen LogP contribution in [0.3, 0.4) is 0 Å². The Morgan fingerprint density at radius 3 is 2.31 bits per heavy atom. The number of fused-ring (bicyclic) bond motifs is 5. The number of halogens is 3. The zero-order chi connectivity index (χ0) is 47.5. The molecule has 4 aliphatic rings. The second kappa shape index (κ2) is 20.5. The molecule has 8 rings (SSSR count). The summed E-state index contributed by atoms with van der Waals surface area (Å²) in [6.07, 6.45) is 10.3. The Balaban J connectivity index is 1.27. The number of aromatic nitrogens is 3. The van der Waals surface area contributed by atoms with E-state index in [-0.39, 0.29) is 54.4 Å². The van der Waals surface area contributed by atoms with Crippen LogP contribution in [-0.4, -0.2) is 115 Å². The molecule has 0 radical (unpaired) electrons. The number of benzene rings is 2. The first-order valence-electron chi connectivity index (χ1n) is 24.8. The predicted octanol–water partition coefficient (Wildman–Crippen LogP) is 11.4. The average molecular weight is 943 g/mol. The fourth-order valence-corrected chi connectivity index (χ4v) is 15.7. The molecule has 4 aromatic rings. The molecule has 0 N–H and O–H groups in total. The minimum Gasteiger partial charge on any atom is -0.468 e. The van der Waals surface area contributed by atoms with E-state index in [0.29, 0.717) is 59.3 Å². The van der Waals surface area contributed by atoms with Gasteiger partial charge in [0.1, 0.15) is 55.0 Å². The van der Waals surface area contributed by atoms with Crippen molar-refractivity contribution in [2.45, 2.75) is 160 Å². The van der Waals surface area contributed by atoms with Crippen LogP contribution in [0.4, 0.5) is 23.8 Å². The standard InChI is InChI=1S/C52H69F3N6O5Si/c1-8-11-22-67(23-12-9-2,24-13-10-3)25-19-40-43(54)18-15-35-26-39(65-34-63-7)27-41(44(35)40)46-45(55)47-42(29-56-46)48(58-49(57-47)64-33-52-20-14-21-60(52)30-36(53)28-52)59-31-37-16-17-38(32-59)61(37)50(62)66-51(4,5)6/h15,18,26-27,29,36-38H,8-14,16-17,20-24,28,30-34H2,1-7H3/t36-,37-,38+,52+/m1/s1. The maximum absolute atomic E-state index is 18.0. The van der Waals surface area contributed by atoms with Gasteiger partial charge in [0.15, 0.2) is 12.6 Å². The fraction of sp³-hybridized carbons (Fsp3) is 0.615. The number of pyridine rings is 1. The molecule has 11 nitrogen and oxygen atoms in total. The van der Waals surface area contributed by atoms with Gasteiger partial charge in [0.2, 0.25) is 0 Å². The van der Waals surface area contributed by atoms with Gasteiger partial charge in [0, 0.05) is 50.3 Å². The summed E-state index contributed by atoms with van der Waals surface area (Å²) in [5.74, 6) is 3.02. The van der Waals surface area contributed by atoms with Gasteiger partial charge in [-0.15, -0.1) is 5.54 Å². The molecule has 0 spiro atoms. The van der Waals surface area contributed by atoms with Crippen LogP contribution in [0.2, 0.25) is 18.1 Å². The van der Waals surface area contributed by atoms with Gasteiger partial charge in [0.25, 0.3) is 0 Å². The average Bonchev–Trinajstić information content (AvgIpc) is 3.93. The summed E-state index contributed by atoms with van der Waals surface area (Å²) in [4.78, 5) is 34.1. The van der Waals surface area contributed by atoms with Crippen molar-refractivity contribution in [1.29, 1.82) is 0 Å². The van der Waals surface area contributed by atoms with Crippen LogP contribution in [0.25, 0.3) is 32.9 Å². The Morgan fingerprint density at radius 1 is 0.955 bits per heavy atom. The number of methoxy groups -OCH3 is 1. The second-order valence-electron chi connectivity index (χ2n) is 20.4. The summed E-state index contributed by atoms with van der Waals surface area (Å²) in [6, 6.07) is 9.39. The van der Waals surface area contributed by atoms with Crippen molar-refractivity contribution in [1.82, 2.24) is 24.8 Å². The number of carbonyl (C=O) groups excluding carboxylic acids is 1. The van der Waals surface area contributed by atoms with Gasteiger partial charge in [-0.05, 0) is 94.7 Å². The van der Waals surface area contributed by atoms with Crippen molar-refractivity contribution >= 4 is 41.7 Å². The molecule has 362 valence electrons. The van der Waals surface area contributed by atoms with E-state index in [0.717, 1.165) is 88.9 Å². The number of unbranched alkanes of at least 4 members (excludes halogenated alkanes) is 3. The highest BCUT2D eigenvalue weighted by Crippen LogP contribution is 2.43. The number of amides is 1. The summed E-state index contributed by atoms with van der Waals surface area (Å²) in [7, 11) is -0.636. The Morgan fingerprint density at radius 2 is 1.66 bits per heavy atom. The Hall–Kier alpha value is -4.65. The molecule has 0 aliphatic carbocycles. The first-order valence-corrected chi connectivity index (χ1v) is 27.4. The van der Waals surface area contributed by atoms with Gasteiger partial charge in [-0.25, -0.2) is 18.0 Å². The van der Waals surface area contributed by atoms with Gasteiger partial charge in [-0.3, -0.25) is 14.8 Å². The lowest BCUT2D eigenvalue weighted by molar-refractivity contribution is 0.0122. The first kappa shape index (κ1) is 48.8. The van der Waals surface area contributed by atoms with E-state index < -0.39 is 37.0 Å². The van der Waals surface area contributed by atoms with Crippen molar-refractivity contribution in [2.75, 3.05) is 51.6 Å². The van der Waals surface area contributed by atoms with E-state index in [9.17, 15) is 9.18 Å². The van der Waals surface area contributed by atoms with Crippen LogP contribution < -0.4 is 14.4 Å². The third-order valence-electron chi connectivity index (χ3n) is 14.4. The van der Waals surface area contributed by atoms with Crippen LogP contribution in [0.15, 0.2) is 30.5 Å². The Bertz CT molecular complexity index is 2460. The van der Waals surface area contributed by atoms with E-state index in [4.69, 9.17) is 33.9 Å². The molecule has 6 heterocycles. The number of piperazine rings is 1. The van der Waals surface area contributed by atoms with Crippen LogP contribution in [0.1, 0.15) is 118 Å². The molecular formula is C52H69F3N6O5Si. The number of ether oxygens (including phenoxy) is 4. The van der Waals surface area contributed by atoms with Crippen molar-refractivity contribution < 1.29 is 36.9 Å². The van der Waals surface area contributed by atoms with Gasteiger partial charge in [-0.1, -0.05) is 71.3 Å². The monoisotopic (exact) mass is 943 g/mol. The third kappa shape index (κ3) is 10.4. The number of anilines is 1. The minimum absolute atomic E-state index is 0.0204. The number of alkyl halides is 1. The number of hydrogen-bond donors (Lipinski definition) is 0. The van der Waals surface area contributed by atoms with E-state index in [2.05, 4.69) is 42.0 Å². The quantitative estimate of drug-likeness (QED) is 0.0578. The Labute approximate surface area is 395 Å². The summed E-state index contributed by atoms with van der Waals surface area (Å²) in [5, 5.41) is 1.42. The van der Waals surface area contributed by atoms with Crippen molar-refractivity contribution in [3.8, 4) is 34.5 Å². The minimum atomic E-state index is -2.16. The maximum Gasteiger partial charge on any atom is 0.410 e. The largest absolute Gasteiger partial charge is 0.468 e. The van der Waals surface area contributed by atoms with Gasteiger partial charge >= 0.3 is 12.1 Å². The highest BCUT2D eigenvalue weighted by molar-refractivity contribution is 6.87. The van der Waals surface area contributed by atoms with E-state index in [1.54, 1.807) is 24.4 Å². The molecule has 4 atom stereocenters. The van der Waals surface area contributed by atoms with E-state index >= 15 is 8.78 Å². The third-order valence-corrected chi connectivity index (χ3v) is 19.0. The van der Waals surface area contributed by atoms with Crippen molar-refractivity contribution in [3.05, 3.63) is 47.7 Å². The molecule has 2 bridgehead atoms. The van der Waals surface area contributed by atoms with Gasteiger partial charge in [-0.2, -0.15) is 9.97 Å². The molecule has 4 saturated heterocycles. The maximum atomic E-state index is 18.0. The number of nitrogens with zero attached hydrogens (tertiary/aromatic N) is 6. The number of carbonyl (C=O) groups is 1. The lowest BCUT2D eigenvalue weighted by Gasteiger charge is -2.42. The first-order chi connectivity index (χ1) is 32.2. The number of rotatable bonds is 17. The summed E-state index contributed by atoms with van der Waals surface area (Å²) < 4.78 is 72.9.